The molecule has 4 heterocycles. The van der Waals surface area contributed by atoms with Crippen molar-refractivity contribution in [3.8, 4) is 10.7 Å². The summed E-state index contributed by atoms with van der Waals surface area (Å²) < 4.78 is 5.00. The Morgan fingerprint density at radius 3 is 2.66 bits per heavy atom. The number of piperidine rings is 1. The van der Waals surface area contributed by atoms with E-state index in [0.29, 0.717) is 41.8 Å². The van der Waals surface area contributed by atoms with Crippen LogP contribution in [0.2, 0.25) is 0 Å². The second-order valence-corrected chi connectivity index (χ2v) is 8.23. The Hall–Kier alpha value is -2.72. The Bertz CT molecular complexity index is 996. The maximum Gasteiger partial charge on any atom is 0.357 e. The van der Waals surface area contributed by atoms with Gasteiger partial charge in [-0.2, -0.15) is 0 Å². The number of likely N-dealkylation sites (tertiary alicyclic amines) is 1. The first-order valence-corrected chi connectivity index (χ1v) is 11.1. The van der Waals surface area contributed by atoms with Gasteiger partial charge in [0.05, 0.1) is 17.8 Å². The van der Waals surface area contributed by atoms with Gasteiger partial charge in [0, 0.05) is 42.2 Å². The van der Waals surface area contributed by atoms with Crippen LogP contribution < -0.4 is 0 Å². The van der Waals surface area contributed by atoms with E-state index >= 15 is 0 Å². The van der Waals surface area contributed by atoms with Gasteiger partial charge in [0.1, 0.15) is 16.4 Å². The summed E-state index contributed by atoms with van der Waals surface area (Å²) in [6.45, 7) is 3.38. The van der Waals surface area contributed by atoms with Crippen molar-refractivity contribution in [3.63, 3.8) is 0 Å². The molecule has 1 saturated heterocycles. The Balaban J connectivity index is 1.37. The van der Waals surface area contributed by atoms with Crippen LogP contribution >= 0.6 is 22.7 Å². The fraction of sp³-hybridized carbons (Fsp3) is 0.368. The van der Waals surface area contributed by atoms with E-state index in [-0.39, 0.29) is 17.8 Å². The van der Waals surface area contributed by atoms with Crippen LogP contribution in [0.4, 0.5) is 0 Å². The smallest absolute Gasteiger partial charge is 0.357 e. The highest BCUT2D eigenvalue weighted by molar-refractivity contribution is 7.13. The molecule has 10 heteroatoms. The highest BCUT2D eigenvalue weighted by atomic mass is 32.1. The molecule has 1 aliphatic heterocycles. The Labute approximate surface area is 175 Å². The van der Waals surface area contributed by atoms with E-state index in [1.165, 1.54) is 22.7 Å². The third kappa shape index (κ3) is 4.33. The zero-order valence-electron chi connectivity index (χ0n) is 15.8. The summed E-state index contributed by atoms with van der Waals surface area (Å²) in [4.78, 5) is 43.6. The summed E-state index contributed by atoms with van der Waals surface area (Å²) in [6.07, 6.45) is 6.46. The molecule has 8 nitrogen and oxygen atoms in total. The first kappa shape index (κ1) is 19.6. The summed E-state index contributed by atoms with van der Waals surface area (Å²) in [5.74, 6) is -0.205. The summed E-state index contributed by atoms with van der Waals surface area (Å²) in [5.41, 5.74) is 1.47. The topological polar surface area (TPSA) is 98.2 Å². The Kier molecular flexibility index (Phi) is 5.91. The van der Waals surface area contributed by atoms with Gasteiger partial charge < -0.3 is 9.64 Å². The van der Waals surface area contributed by atoms with Gasteiger partial charge >= 0.3 is 5.97 Å². The molecule has 0 atom stereocenters. The Morgan fingerprint density at radius 2 is 1.93 bits per heavy atom. The molecule has 3 aromatic heterocycles. The van der Waals surface area contributed by atoms with E-state index in [1.807, 2.05) is 4.90 Å². The van der Waals surface area contributed by atoms with Crippen molar-refractivity contribution >= 4 is 34.6 Å². The highest BCUT2D eigenvalue weighted by Crippen LogP contribution is 2.31. The quantitative estimate of drug-likeness (QED) is 0.574. The van der Waals surface area contributed by atoms with E-state index in [4.69, 9.17) is 4.74 Å². The molecule has 0 saturated carbocycles. The van der Waals surface area contributed by atoms with Crippen LogP contribution in [0, 0.1) is 0 Å². The van der Waals surface area contributed by atoms with Crippen molar-refractivity contribution in [3.05, 3.63) is 45.7 Å². The van der Waals surface area contributed by atoms with Crippen LogP contribution in [-0.2, 0) is 4.74 Å². The van der Waals surface area contributed by atoms with E-state index in [9.17, 15) is 9.59 Å². The van der Waals surface area contributed by atoms with Crippen LogP contribution in [-0.4, -0.2) is 56.4 Å². The van der Waals surface area contributed by atoms with E-state index < -0.39 is 0 Å². The third-order valence-corrected chi connectivity index (χ3v) is 6.52. The van der Waals surface area contributed by atoms with Gasteiger partial charge in [0.15, 0.2) is 5.69 Å². The molecule has 0 aromatic carbocycles. The first-order valence-electron chi connectivity index (χ1n) is 9.29. The fourth-order valence-electron chi connectivity index (χ4n) is 3.16. The highest BCUT2D eigenvalue weighted by Gasteiger charge is 2.28. The molecule has 0 bridgehead atoms. The molecule has 0 radical (unpaired) electrons. The van der Waals surface area contributed by atoms with Gasteiger partial charge in [0.2, 0.25) is 0 Å². The van der Waals surface area contributed by atoms with Crippen molar-refractivity contribution in [1.82, 2.24) is 24.8 Å². The van der Waals surface area contributed by atoms with E-state index in [2.05, 4.69) is 19.9 Å². The van der Waals surface area contributed by atoms with Gasteiger partial charge in [-0.1, -0.05) is 0 Å². The lowest BCUT2D eigenvalue weighted by Gasteiger charge is -2.30. The summed E-state index contributed by atoms with van der Waals surface area (Å²) in [6, 6.07) is 0. The molecule has 4 rings (SSSR count). The van der Waals surface area contributed by atoms with Crippen LogP contribution in [0.15, 0.2) is 29.4 Å². The van der Waals surface area contributed by atoms with Crippen molar-refractivity contribution in [2.75, 3.05) is 19.7 Å². The second-order valence-electron chi connectivity index (χ2n) is 6.49. The number of carbonyl (C=O) groups is 2. The molecule has 0 aliphatic carbocycles. The molecule has 0 spiro atoms. The van der Waals surface area contributed by atoms with Crippen molar-refractivity contribution in [1.29, 1.82) is 0 Å². The monoisotopic (exact) mass is 429 g/mol. The van der Waals surface area contributed by atoms with Gasteiger partial charge in [0.25, 0.3) is 5.91 Å². The van der Waals surface area contributed by atoms with Gasteiger partial charge in [-0.3, -0.25) is 14.8 Å². The van der Waals surface area contributed by atoms with Crippen molar-refractivity contribution < 1.29 is 14.3 Å². The predicted octanol–water partition coefficient (Wildman–Crippen LogP) is 3.25. The van der Waals surface area contributed by atoms with Crippen LogP contribution in [0.25, 0.3) is 10.7 Å². The average Bonchev–Trinajstić information content (AvgIpc) is 3.45. The lowest BCUT2D eigenvalue weighted by atomic mass is 9.97. The zero-order chi connectivity index (χ0) is 20.2. The number of esters is 1. The molecule has 1 aliphatic rings. The largest absolute Gasteiger partial charge is 0.461 e. The number of carbonyl (C=O) groups excluding carboxylic acids is 2. The summed E-state index contributed by atoms with van der Waals surface area (Å²) in [5, 5.41) is 5.13. The summed E-state index contributed by atoms with van der Waals surface area (Å²) in [7, 11) is 0. The molecule has 150 valence electrons. The predicted molar refractivity (Wildman–Crippen MR) is 109 cm³/mol. The lowest BCUT2D eigenvalue weighted by molar-refractivity contribution is 0.0520. The standard InChI is InChI=1S/C19H19N5O3S2/c1-2-27-19(26)15-11-28-16(23-15)12-3-7-24(8-4-12)18(25)14-10-29-17(22-14)13-9-20-5-6-21-13/h5-6,9-12H,2-4,7-8H2,1H3. The maximum atomic E-state index is 12.8. The van der Waals surface area contributed by atoms with Crippen LogP contribution in [0.1, 0.15) is 51.7 Å². The minimum atomic E-state index is -0.384. The fourth-order valence-corrected chi connectivity index (χ4v) is 4.88. The van der Waals surface area contributed by atoms with E-state index in [1.54, 1.807) is 36.3 Å². The van der Waals surface area contributed by atoms with Crippen LogP contribution in [0.3, 0.4) is 0 Å². The van der Waals surface area contributed by atoms with Crippen molar-refractivity contribution in [2.24, 2.45) is 0 Å². The minimum Gasteiger partial charge on any atom is -0.461 e. The number of thiazole rings is 2. The maximum absolute atomic E-state index is 12.8. The van der Waals surface area contributed by atoms with Gasteiger partial charge in [-0.05, 0) is 19.8 Å². The van der Waals surface area contributed by atoms with Crippen LogP contribution in [0.5, 0.6) is 0 Å². The SMILES string of the molecule is CCOC(=O)c1csc(C2CCN(C(=O)c3csc(-c4cnccn4)n3)CC2)n1. The average molecular weight is 430 g/mol. The molecule has 1 amide bonds. The number of aromatic nitrogens is 4. The number of hydrogen-bond acceptors (Lipinski definition) is 9. The summed E-state index contributed by atoms with van der Waals surface area (Å²) >= 11 is 2.87. The lowest BCUT2D eigenvalue weighted by Crippen LogP contribution is -2.38. The number of amides is 1. The van der Waals surface area contributed by atoms with Gasteiger partial charge in [-0.25, -0.2) is 14.8 Å². The molecule has 0 N–H and O–H groups in total. The molecular weight excluding hydrogens is 410 g/mol. The first-order chi connectivity index (χ1) is 14.2. The number of nitrogens with zero attached hydrogens (tertiary/aromatic N) is 5. The van der Waals surface area contributed by atoms with E-state index in [0.717, 1.165) is 17.8 Å². The molecule has 1 fully saturated rings. The molecule has 0 unspecified atom stereocenters. The normalized spacial score (nSPS) is 14.7. The number of ether oxygens (including phenoxy) is 1. The zero-order valence-corrected chi connectivity index (χ0v) is 17.4. The molecule has 3 aromatic rings. The number of hydrogen-bond donors (Lipinski definition) is 0. The van der Waals surface area contributed by atoms with Gasteiger partial charge in [-0.15, -0.1) is 22.7 Å². The Morgan fingerprint density at radius 1 is 1.14 bits per heavy atom. The second kappa shape index (κ2) is 8.75. The molecule has 29 heavy (non-hydrogen) atoms. The third-order valence-electron chi connectivity index (χ3n) is 4.64. The van der Waals surface area contributed by atoms with Crippen molar-refractivity contribution in [2.45, 2.75) is 25.7 Å². The molecular formula is C19H19N5O3S2. The number of rotatable bonds is 5. The minimum absolute atomic E-state index is 0.0683.